The van der Waals surface area contributed by atoms with Gasteiger partial charge in [0.25, 0.3) is 0 Å². The molecule has 5 heteroatoms. The number of rotatable bonds is 6. The van der Waals surface area contributed by atoms with E-state index in [4.69, 9.17) is 4.74 Å². The number of nitrogens with zero attached hydrogens (tertiary/aromatic N) is 1. The first-order chi connectivity index (χ1) is 12.1. The lowest BCUT2D eigenvalue weighted by molar-refractivity contribution is -0.119. The number of morpholine rings is 1. The van der Waals surface area contributed by atoms with Gasteiger partial charge in [-0.1, -0.05) is 32.9 Å². The molecule has 0 radical (unpaired) electrons. The molecule has 0 bridgehead atoms. The Kier molecular flexibility index (Phi) is 7.17. The smallest absolute Gasteiger partial charge is 0.230 e. The third-order valence-corrected chi connectivity index (χ3v) is 6.16. The van der Waals surface area contributed by atoms with Crippen molar-refractivity contribution in [2.45, 2.75) is 57.4 Å². The van der Waals surface area contributed by atoms with Crippen molar-refractivity contribution in [1.82, 2.24) is 10.2 Å². The molecule has 1 N–H and O–H groups in total. The molecule has 26 heavy (non-hydrogen) atoms. The molecule has 0 saturated carbocycles. The quantitative estimate of drug-likeness (QED) is 0.768. The van der Waals surface area contributed by atoms with E-state index in [1.807, 2.05) is 0 Å². The predicted octanol–water partition coefficient (Wildman–Crippen LogP) is 3.61. The van der Waals surface area contributed by atoms with Gasteiger partial charge in [0.2, 0.25) is 5.91 Å². The first kappa shape index (κ1) is 21.3. The van der Waals surface area contributed by atoms with Crippen LogP contribution in [-0.4, -0.2) is 54.9 Å². The van der Waals surface area contributed by atoms with Crippen LogP contribution in [-0.2, 0) is 14.9 Å². The molecule has 146 valence electrons. The minimum atomic E-state index is -0.0494. The number of carbonyl (C=O) groups is 1. The van der Waals surface area contributed by atoms with Gasteiger partial charge in [0.15, 0.2) is 0 Å². The van der Waals surface area contributed by atoms with Gasteiger partial charge < -0.3 is 10.1 Å². The third kappa shape index (κ3) is 6.00. The standard InChI is InChI=1S/C21H34N2O2S/c1-16-7-8-17(20(2,3)4)13-18(16)26-14-19(24)22-15-21(5,6)23-9-11-25-12-10-23/h7-8,13H,9-12,14-15H2,1-6H3,(H,22,24). The van der Waals surface area contributed by atoms with Crippen LogP contribution in [0.15, 0.2) is 23.1 Å². The van der Waals surface area contributed by atoms with E-state index in [1.165, 1.54) is 16.0 Å². The zero-order valence-electron chi connectivity index (χ0n) is 17.1. The van der Waals surface area contributed by atoms with Gasteiger partial charge in [0, 0.05) is 30.1 Å². The van der Waals surface area contributed by atoms with Crippen LogP contribution in [0.25, 0.3) is 0 Å². The van der Waals surface area contributed by atoms with Crippen molar-refractivity contribution in [3.8, 4) is 0 Å². The Hall–Kier alpha value is -1.04. The van der Waals surface area contributed by atoms with Gasteiger partial charge in [0.1, 0.15) is 0 Å². The highest BCUT2D eigenvalue weighted by atomic mass is 32.2. The van der Waals surface area contributed by atoms with Gasteiger partial charge in [-0.2, -0.15) is 0 Å². The molecule has 0 aliphatic carbocycles. The summed E-state index contributed by atoms with van der Waals surface area (Å²) in [6.45, 7) is 17.2. The van der Waals surface area contributed by atoms with Gasteiger partial charge in [-0.3, -0.25) is 9.69 Å². The highest BCUT2D eigenvalue weighted by Gasteiger charge is 2.28. The summed E-state index contributed by atoms with van der Waals surface area (Å²) < 4.78 is 5.42. The maximum Gasteiger partial charge on any atom is 0.230 e. The lowest BCUT2D eigenvalue weighted by Crippen LogP contribution is -2.55. The van der Waals surface area contributed by atoms with Gasteiger partial charge in [-0.05, 0) is 43.4 Å². The van der Waals surface area contributed by atoms with Crippen LogP contribution in [0.1, 0.15) is 45.7 Å². The lowest BCUT2D eigenvalue weighted by Gasteiger charge is -2.40. The van der Waals surface area contributed by atoms with Gasteiger partial charge in [-0.15, -0.1) is 11.8 Å². The van der Waals surface area contributed by atoms with Crippen molar-refractivity contribution in [3.63, 3.8) is 0 Å². The second-order valence-corrected chi connectivity index (χ2v) is 9.72. The molecule has 0 unspecified atom stereocenters. The molecule has 0 spiro atoms. The largest absolute Gasteiger partial charge is 0.379 e. The molecule has 1 aliphatic heterocycles. The van der Waals surface area contributed by atoms with Crippen molar-refractivity contribution in [2.24, 2.45) is 0 Å². The Morgan fingerprint density at radius 2 is 1.85 bits per heavy atom. The van der Waals surface area contributed by atoms with E-state index in [2.05, 4.69) is 70.0 Å². The zero-order valence-corrected chi connectivity index (χ0v) is 18.0. The van der Waals surface area contributed by atoms with Crippen molar-refractivity contribution >= 4 is 17.7 Å². The number of nitrogens with one attached hydrogen (secondary N) is 1. The Morgan fingerprint density at radius 1 is 1.19 bits per heavy atom. The molecule has 1 fully saturated rings. The van der Waals surface area contributed by atoms with E-state index in [9.17, 15) is 4.79 Å². The molecule has 1 aromatic rings. The summed E-state index contributed by atoms with van der Waals surface area (Å²) >= 11 is 1.63. The summed E-state index contributed by atoms with van der Waals surface area (Å²) in [5, 5.41) is 3.11. The Labute approximate surface area is 163 Å². The first-order valence-electron chi connectivity index (χ1n) is 9.43. The molecule has 1 aliphatic rings. The fourth-order valence-corrected chi connectivity index (χ4v) is 3.91. The second kappa shape index (κ2) is 8.77. The molecule has 1 amide bonds. The second-order valence-electron chi connectivity index (χ2n) is 8.71. The Bertz CT molecular complexity index is 617. The average Bonchev–Trinajstić information content (AvgIpc) is 2.59. The summed E-state index contributed by atoms with van der Waals surface area (Å²) in [5.41, 5.74) is 2.60. The number of benzene rings is 1. The molecule has 4 nitrogen and oxygen atoms in total. The fraction of sp³-hybridized carbons (Fsp3) is 0.667. The molecule has 1 saturated heterocycles. The fourth-order valence-electron chi connectivity index (χ4n) is 3.01. The number of hydrogen-bond donors (Lipinski definition) is 1. The number of thioether (sulfide) groups is 1. The van der Waals surface area contributed by atoms with Gasteiger partial charge in [0.05, 0.1) is 19.0 Å². The molecule has 2 rings (SSSR count). The normalized spacial score (nSPS) is 16.5. The zero-order chi connectivity index (χ0) is 19.4. The number of carbonyl (C=O) groups excluding carboxylic acids is 1. The Morgan fingerprint density at radius 3 is 2.46 bits per heavy atom. The summed E-state index contributed by atoms with van der Waals surface area (Å²) in [6, 6.07) is 6.57. The highest BCUT2D eigenvalue weighted by Crippen LogP contribution is 2.29. The van der Waals surface area contributed by atoms with Crippen molar-refractivity contribution in [3.05, 3.63) is 29.3 Å². The number of hydrogen-bond acceptors (Lipinski definition) is 4. The highest BCUT2D eigenvalue weighted by molar-refractivity contribution is 8.00. The maximum absolute atomic E-state index is 12.4. The summed E-state index contributed by atoms with van der Waals surface area (Å²) in [6.07, 6.45) is 0. The third-order valence-electron chi connectivity index (χ3n) is 5.00. The van der Waals surface area contributed by atoms with Crippen LogP contribution < -0.4 is 5.32 Å². The maximum atomic E-state index is 12.4. The average molecular weight is 379 g/mol. The summed E-state index contributed by atoms with van der Waals surface area (Å²) in [4.78, 5) is 15.9. The van der Waals surface area contributed by atoms with Crippen molar-refractivity contribution in [1.29, 1.82) is 0 Å². The van der Waals surface area contributed by atoms with Gasteiger partial charge in [-0.25, -0.2) is 0 Å². The lowest BCUT2D eigenvalue weighted by atomic mass is 9.87. The molecule has 1 heterocycles. The van der Waals surface area contributed by atoms with Gasteiger partial charge >= 0.3 is 0 Å². The topological polar surface area (TPSA) is 41.6 Å². The van der Waals surface area contributed by atoms with E-state index in [-0.39, 0.29) is 16.9 Å². The number of amides is 1. The van der Waals surface area contributed by atoms with E-state index in [0.717, 1.165) is 26.3 Å². The monoisotopic (exact) mass is 378 g/mol. The first-order valence-corrected chi connectivity index (χ1v) is 10.4. The molecular weight excluding hydrogens is 344 g/mol. The predicted molar refractivity (Wildman–Crippen MR) is 110 cm³/mol. The minimum Gasteiger partial charge on any atom is -0.379 e. The van der Waals surface area contributed by atoms with E-state index in [0.29, 0.717) is 12.3 Å². The summed E-state index contributed by atoms with van der Waals surface area (Å²) in [5.74, 6) is 0.546. The van der Waals surface area contributed by atoms with Crippen LogP contribution in [0.5, 0.6) is 0 Å². The van der Waals surface area contributed by atoms with Crippen LogP contribution >= 0.6 is 11.8 Å². The van der Waals surface area contributed by atoms with Crippen LogP contribution in [0.4, 0.5) is 0 Å². The number of ether oxygens (including phenoxy) is 1. The molecular formula is C21H34N2O2S. The van der Waals surface area contributed by atoms with E-state index in [1.54, 1.807) is 11.8 Å². The number of aryl methyl sites for hydroxylation is 1. The van der Waals surface area contributed by atoms with Crippen LogP contribution in [0, 0.1) is 6.92 Å². The van der Waals surface area contributed by atoms with E-state index < -0.39 is 0 Å². The van der Waals surface area contributed by atoms with Crippen LogP contribution in [0.3, 0.4) is 0 Å². The summed E-state index contributed by atoms with van der Waals surface area (Å²) in [7, 11) is 0. The van der Waals surface area contributed by atoms with Crippen molar-refractivity contribution < 1.29 is 9.53 Å². The van der Waals surface area contributed by atoms with Crippen LogP contribution in [0.2, 0.25) is 0 Å². The molecule has 1 aromatic carbocycles. The molecule has 0 aromatic heterocycles. The minimum absolute atomic E-state index is 0.0494. The molecule has 0 atom stereocenters. The SMILES string of the molecule is Cc1ccc(C(C)(C)C)cc1SCC(=O)NCC(C)(C)N1CCOCC1. The Balaban J connectivity index is 1.87. The van der Waals surface area contributed by atoms with E-state index >= 15 is 0 Å². The van der Waals surface area contributed by atoms with Crippen molar-refractivity contribution in [2.75, 3.05) is 38.6 Å².